The molecule has 0 atom stereocenters. The monoisotopic (exact) mass is 291 g/mol. The van der Waals surface area contributed by atoms with Crippen LogP contribution in [0.25, 0.3) is 0 Å². The molecule has 0 aromatic heterocycles. The van der Waals surface area contributed by atoms with E-state index in [4.69, 9.17) is 16.2 Å². The third-order valence-corrected chi connectivity index (χ3v) is 3.42. The summed E-state index contributed by atoms with van der Waals surface area (Å²) < 4.78 is 29.5. The Kier molecular flexibility index (Phi) is 5.13. The van der Waals surface area contributed by atoms with Gasteiger partial charge >= 0.3 is 0 Å². The Bertz CT molecular complexity index is 542. The summed E-state index contributed by atoms with van der Waals surface area (Å²) in [6.45, 7) is 1.78. The molecule has 0 spiro atoms. The van der Waals surface area contributed by atoms with Crippen LogP contribution in [0, 0.1) is 0 Å². The second-order valence-electron chi connectivity index (χ2n) is 3.70. The van der Waals surface area contributed by atoms with Gasteiger partial charge in [-0.15, -0.1) is 0 Å². The average Bonchev–Trinajstić information content (AvgIpc) is 2.27. The lowest BCUT2D eigenvalue weighted by Gasteiger charge is -2.06. The van der Waals surface area contributed by atoms with Gasteiger partial charge in [-0.25, -0.2) is 0 Å². The molecule has 2 N–H and O–H groups in total. The molecular weight excluding hydrogens is 278 g/mol. The van der Waals surface area contributed by atoms with Gasteiger partial charge in [0.2, 0.25) is 0 Å². The van der Waals surface area contributed by atoms with Gasteiger partial charge in [-0.05, 0) is 30.2 Å². The molecule has 100 valence electrons. The zero-order chi connectivity index (χ0) is 13.8. The number of nitrogens with one attached hydrogen (secondary N) is 1. The number of hydrogen-bond acceptors (Lipinski definition) is 3. The van der Waals surface area contributed by atoms with Crippen LogP contribution in [0.2, 0.25) is 5.02 Å². The molecule has 5 nitrogen and oxygen atoms in total. The molecule has 1 rings (SSSR count). The SMILES string of the molecule is CCc1cc(C(=O)NCCS(=O)(=O)O)ccc1Cl. The molecule has 7 heteroatoms. The maximum absolute atomic E-state index is 11.7. The maximum atomic E-state index is 11.7. The van der Waals surface area contributed by atoms with Gasteiger partial charge in [0, 0.05) is 17.1 Å². The third-order valence-electron chi connectivity index (χ3n) is 2.33. The van der Waals surface area contributed by atoms with Crippen molar-refractivity contribution in [3.05, 3.63) is 34.3 Å². The highest BCUT2D eigenvalue weighted by atomic mass is 35.5. The second-order valence-corrected chi connectivity index (χ2v) is 5.68. The first-order chi connectivity index (χ1) is 8.33. The number of halogens is 1. The minimum atomic E-state index is -4.06. The predicted octanol–water partition coefficient (Wildman–Crippen LogP) is 1.52. The molecule has 0 bridgehead atoms. The highest BCUT2D eigenvalue weighted by Crippen LogP contribution is 2.18. The van der Waals surface area contributed by atoms with E-state index in [-0.39, 0.29) is 6.54 Å². The number of hydrogen-bond donors (Lipinski definition) is 2. The zero-order valence-corrected chi connectivity index (χ0v) is 11.4. The van der Waals surface area contributed by atoms with E-state index >= 15 is 0 Å². The second kappa shape index (κ2) is 6.17. The Hall–Kier alpha value is -1.11. The van der Waals surface area contributed by atoms with Gasteiger partial charge in [-0.1, -0.05) is 18.5 Å². The van der Waals surface area contributed by atoms with Gasteiger partial charge in [0.15, 0.2) is 0 Å². The van der Waals surface area contributed by atoms with Crippen molar-refractivity contribution in [2.75, 3.05) is 12.3 Å². The molecule has 0 heterocycles. The largest absolute Gasteiger partial charge is 0.351 e. The van der Waals surface area contributed by atoms with E-state index in [2.05, 4.69) is 5.32 Å². The first-order valence-corrected chi connectivity index (χ1v) is 7.34. The van der Waals surface area contributed by atoms with Crippen molar-refractivity contribution in [3.63, 3.8) is 0 Å². The Morgan fingerprint density at radius 2 is 2.11 bits per heavy atom. The number of aryl methyl sites for hydroxylation is 1. The molecule has 1 aromatic rings. The summed E-state index contributed by atoms with van der Waals surface area (Å²) in [6, 6.07) is 4.84. The number of carbonyl (C=O) groups excluding carboxylic acids is 1. The highest BCUT2D eigenvalue weighted by molar-refractivity contribution is 7.85. The van der Waals surface area contributed by atoms with E-state index in [1.165, 1.54) is 0 Å². The Labute approximate surface area is 111 Å². The van der Waals surface area contributed by atoms with E-state index < -0.39 is 21.8 Å². The fourth-order valence-electron chi connectivity index (χ4n) is 1.38. The van der Waals surface area contributed by atoms with Crippen molar-refractivity contribution in [3.8, 4) is 0 Å². The lowest BCUT2D eigenvalue weighted by molar-refractivity contribution is 0.0956. The van der Waals surface area contributed by atoms with Crippen LogP contribution in [0.5, 0.6) is 0 Å². The molecule has 1 aromatic carbocycles. The first kappa shape index (κ1) is 14.9. The molecule has 0 radical (unpaired) electrons. The molecule has 0 aliphatic carbocycles. The highest BCUT2D eigenvalue weighted by Gasteiger charge is 2.10. The van der Waals surface area contributed by atoms with E-state index in [1.54, 1.807) is 18.2 Å². The van der Waals surface area contributed by atoms with Crippen molar-refractivity contribution in [2.24, 2.45) is 0 Å². The van der Waals surface area contributed by atoms with Crippen molar-refractivity contribution in [1.29, 1.82) is 0 Å². The summed E-state index contributed by atoms with van der Waals surface area (Å²) in [4.78, 5) is 11.7. The normalized spacial score (nSPS) is 11.3. The molecule has 0 aliphatic rings. The van der Waals surface area contributed by atoms with Crippen LogP contribution in [-0.2, 0) is 16.5 Å². The van der Waals surface area contributed by atoms with Crippen LogP contribution < -0.4 is 5.32 Å². The lowest BCUT2D eigenvalue weighted by Crippen LogP contribution is -2.28. The Morgan fingerprint density at radius 1 is 1.44 bits per heavy atom. The smallest absolute Gasteiger partial charge is 0.266 e. The summed E-state index contributed by atoms with van der Waals surface area (Å²) >= 11 is 5.92. The number of benzene rings is 1. The minimum Gasteiger partial charge on any atom is -0.351 e. The Morgan fingerprint density at radius 3 is 2.67 bits per heavy atom. The topological polar surface area (TPSA) is 83.5 Å². The van der Waals surface area contributed by atoms with E-state index in [0.29, 0.717) is 17.0 Å². The average molecular weight is 292 g/mol. The number of carbonyl (C=O) groups is 1. The molecular formula is C11H14ClNO4S. The first-order valence-electron chi connectivity index (χ1n) is 5.35. The zero-order valence-electron chi connectivity index (χ0n) is 9.81. The summed E-state index contributed by atoms with van der Waals surface area (Å²) in [5.41, 5.74) is 1.26. The van der Waals surface area contributed by atoms with Crippen LogP contribution in [0.1, 0.15) is 22.8 Å². The van der Waals surface area contributed by atoms with Gasteiger partial charge in [0.1, 0.15) is 0 Å². The van der Waals surface area contributed by atoms with Crippen molar-refractivity contribution in [1.82, 2.24) is 5.32 Å². The molecule has 0 fully saturated rings. The van der Waals surface area contributed by atoms with Crippen LogP contribution in [0.4, 0.5) is 0 Å². The van der Waals surface area contributed by atoms with Gasteiger partial charge in [-0.2, -0.15) is 8.42 Å². The van der Waals surface area contributed by atoms with Crippen LogP contribution in [0.15, 0.2) is 18.2 Å². The third kappa shape index (κ3) is 4.64. The van der Waals surface area contributed by atoms with E-state index in [9.17, 15) is 13.2 Å². The standard InChI is InChI=1S/C11H14ClNO4S/c1-2-8-7-9(3-4-10(8)12)11(14)13-5-6-18(15,16)17/h3-4,7H,2,5-6H2,1H3,(H,13,14)(H,15,16,17). The predicted molar refractivity (Wildman–Crippen MR) is 69.6 cm³/mol. The maximum Gasteiger partial charge on any atom is 0.266 e. The molecule has 1 amide bonds. The van der Waals surface area contributed by atoms with E-state index in [1.807, 2.05) is 6.92 Å². The van der Waals surface area contributed by atoms with Gasteiger partial charge < -0.3 is 5.32 Å². The van der Waals surface area contributed by atoms with Crippen LogP contribution in [-0.4, -0.2) is 31.2 Å². The molecule has 0 saturated heterocycles. The van der Waals surface area contributed by atoms with Crippen LogP contribution >= 0.6 is 11.6 Å². The quantitative estimate of drug-likeness (QED) is 0.806. The van der Waals surface area contributed by atoms with Crippen molar-refractivity contribution < 1.29 is 17.8 Å². The summed E-state index contributed by atoms with van der Waals surface area (Å²) in [5, 5.41) is 2.99. The van der Waals surface area contributed by atoms with Gasteiger partial charge in [0.25, 0.3) is 16.0 Å². The van der Waals surface area contributed by atoms with Crippen LogP contribution in [0.3, 0.4) is 0 Å². The summed E-state index contributed by atoms with van der Waals surface area (Å²) in [5.74, 6) is -0.905. The molecule has 0 aliphatic heterocycles. The fourth-order valence-corrected chi connectivity index (χ4v) is 1.99. The summed E-state index contributed by atoms with van der Waals surface area (Å²) in [7, 11) is -4.06. The summed E-state index contributed by atoms with van der Waals surface area (Å²) in [6.07, 6.45) is 0.699. The van der Waals surface area contributed by atoms with Gasteiger partial charge in [-0.3, -0.25) is 9.35 Å². The van der Waals surface area contributed by atoms with Gasteiger partial charge in [0.05, 0.1) is 5.75 Å². The minimum absolute atomic E-state index is 0.137. The van der Waals surface area contributed by atoms with Crippen molar-refractivity contribution in [2.45, 2.75) is 13.3 Å². The molecule has 0 unspecified atom stereocenters. The molecule has 0 saturated carbocycles. The van der Waals surface area contributed by atoms with Crippen molar-refractivity contribution >= 4 is 27.6 Å². The number of amides is 1. The number of rotatable bonds is 5. The lowest BCUT2D eigenvalue weighted by atomic mass is 10.1. The Balaban J connectivity index is 2.67. The van der Waals surface area contributed by atoms with E-state index in [0.717, 1.165) is 5.56 Å². The fraction of sp³-hybridized carbons (Fsp3) is 0.364. The molecule has 18 heavy (non-hydrogen) atoms.